The Hall–Kier alpha value is -1.02. The van der Waals surface area contributed by atoms with Crippen molar-refractivity contribution in [1.29, 1.82) is 0 Å². The van der Waals surface area contributed by atoms with Crippen molar-refractivity contribution in [2.24, 2.45) is 0 Å². The lowest BCUT2D eigenvalue weighted by molar-refractivity contribution is -0.111. The van der Waals surface area contributed by atoms with Crippen LogP contribution in [0, 0.1) is 0 Å². The first-order valence-corrected chi connectivity index (χ1v) is 5.10. The number of carbonyl (C=O) groups excluding carboxylic acids is 1. The molecule has 0 N–H and O–H groups in total. The molecule has 0 aliphatic carbocycles. The lowest BCUT2D eigenvalue weighted by atomic mass is 10.2. The first-order valence-electron chi connectivity index (χ1n) is 4.72. The van der Waals surface area contributed by atoms with Gasteiger partial charge >= 0.3 is 0 Å². The van der Waals surface area contributed by atoms with E-state index in [9.17, 15) is 4.79 Å². The van der Waals surface area contributed by atoms with E-state index in [4.69, 9.17) is 11.6 Å². The molecule has 0 radical (unpaired) electrons. The minimum atomic E-state index is -0.278. The highest BCUT2D eigenvalue weighted by molar-refractivity contribution is 6.63. The third kappa shape index (κ3) is 3.38. The molecule has 76 valence electrons. The number of halogens is 1. The Bertz CT molecular complexity index is 287. The molecule has 14 heavy (non-hydrogen) atoms. The highest BCUT2D eigenvalue weighted by Crippen LogP contribution is 2.13. The Labute approximate surface area is 89.5 Å². The zero-order valence-corrected chi connectivity index (χ0v) is 9.00. The zero-order chi connectivity index (χ0) is 10.4. The molecule has 0 aliphatic rings. The number of rotatable bonds is 5. The number of hydrogen-bond acceptors (Lipinski definition) is 2. The summed E-state index contributed by atoms with van der Waals surface area (Å²) in [5.41, 5.74) is 1.13. The SMILES string of the molecule is CCN(CCC(=O)Cl)c1ccccc1. The minimum Gasteiger partial charge on any atom is -0.371 e. The molecule has 0 bridgehead atoms. The molecule has 0 aromatic heterocycles. The molecule has 1 aromatic rings. The second kappa shape index (κ2) is 5.66. The van der Waals surface area contributed by atoms with Gasteiger partial charge in [0, 0.05) is 25.2 Å². The summed E-state index contributed by atoms with van der Waals surface area (Å²) in [7, 11) is 0. The first kappa shape index (κ1) is 11.1. The highest BCUT2D eigenvalue weighted by atomic mass is 35.5. The van der Waals surface area contributed by atoms with Crippen LogP contribution in [0.3, 0.4) is 0 Å². The summed E-state index contributed by atoms with van der Waals surface area (Å²) in [6.07, 6.45) is 0.393. The van der Waals surface area contributed by atoms with Crippen LogP contribution in [0.1, 0.15) is 13.3 Å². The van der Waals surface area contributed by atoms with Gasteiger partial charge in [0.15, 0.2) is 0 Å². The molecular formula is C11H14ClNO. The molecule has 0 aliphatic heterocycles. The van der Waals surface area contributed by atoms with Gasteiger partial charge in [-0.2, -0.15) is 0 Å². The molecular weight excluding hydrogens is 198 g/mol. The molecule has 0 atom stereocenters. The van der Waals surface area contributed by atoms with Crippen molar-refractivity contribution in [2.45, 2.75) is 13.3 Å². The smallest absolute Gasteiger partial charge is 0.223 e. The number of para-hydroxylation sites is 1. The average molecular weight is 212 g/mol. The fraction of sp³-hybridized carbons (Fsp3) is 0.364. The summed E-state index contributed by atoms with van der Waals surface area (Å²) in [6, 6.07) is 10.0. The number of nitrogens with zero attached hydrogens (tertiary/aromatic N) is 1. The van der Waals surface area contributed by atoms with E-state index in [1.807, 2.05) is 30.3 Å². The van der Waals surface area contributed by atoms with Gasteiger partial charge in [0.05, 0.1) is 0 Å². The Morgan fingerprint density at radius 2 is 2.00 bits per heavy atom. The van der Waals surface area contributed by atoms with Gasteiger partial charge < -0.3 is 4.90 Å². The zero-order valence-electron chi connectivity index (χ0n) is 8.24. The molecule has 0 spiro atoms. The molecule has 0 saturated heterocycles. The topological polar surface area (TPSA) is 20.3 Å². The normalized spacial score (nSPS) is 9.86. The average Bonchev–Trinajstić information content (AvgIpc) is 2.20. The van der Waals surface area contributed by atoms with Crippen molar-refractivity contribution in [1.82, 2.24) is 0 Å². The quantitative estimate of drug-likeness (QED) is 0.698. The van der Waals surface area contributed by atoms with Crippen LogP contribution in [0.15, 0.2) is 30.3 Å². The van der Waals surface area contributed by atoms with E-state index < -0.39 is 0 Å². The first-order chi connectivity index (χ1) is 6.74. The summed E-state index contributed by atoms with van der Waals surface area (Å²) in [4.78, 5) is 12.8. The Morgan fingerprint density at radius 3 is 2.50 bits per heavy atom. The molecule has 0 fully saturated rings. The van der Waals surface area contributed by atoms with Crippen molar-refractivity contribution in [3.8, 4) is 0 Å². The van der Waals surface area contributed by atoms with Crippen LogP contribution in [0.25, 0.3) is 0 Å². The predicted octanol–water partition coefficient (Wildman–Crippen LogP) is 2.67. The molecule has 2 nitrogen and oxygen atoms in total. The molecule has 0 unspecified atom stereocenters. The Morgan fingerprint density at radius 1 is 1.36 bits per heavy atom. The largest absolute Gasteiger partial charge is 0.371 e. The van der Waals surface area contributed by atoms with E-state index in [1.54, 1.807) is 0 Å². The number of benzene rings is 1. The second-order valence-corrected chi connectivity index (χ2v) is 3.44. The maximum Gasteiger partial charge on any atom is 0.223 e. The van der Waals surface area contributed by atoms with Gasteiger partial charge in [-0.25, -0.2) is 0 Å². The molecule has 1 rings (SSSR count). The lowest BCUT2D eigenvalue weighted by Crippen LogP contribution is -2.24. The summed E-state index contributed by atoms with van der Waals surface area (Å²) in [5, 5.41) is -0.278. The summed E-state index contributed by atoms with van der Waals surface area (Å²) < 4.78 is 0. The summed E-state index contributed by atoms with van der Waals surface area (Å²) >= 11 is 5.30. The number of anilines is 1. The number of hydrogen-bond donors (Lipinski definition) is 0. The fourth-order valence-electron chi connectivity index (χ4n) is 1.33. The van der Waals surface area contributed by atoms with Crippen LogP contribution in [0.4, 0.5) is 5.69 Å². The van der Waals surface area contributed by atoms with Crippen molar-refractivity contribution in [3.63, 3.8) is 0 Å². The van der Waals surface area contributed by atoms with Crippen LogP contribution in [0.2, 0.25) is 0 Å². The van der Waals surface area contributed by atoms with E-state index in [1.165, 1.54) is 0 Å². The minimum absolute atomic E-state index is 0.278. The maximum absolute atomic E-state index is 10.6. The van der Waals surface area contributed by atoms with E-state index in [0.29, 0.717) is 13.0 Å². The van der Waals surface area contributed by atoms with Gasteiger partial charge in [-0.3, -0.25) is 4.79 Å². The standard InChI is InChI=1S/C11H14ClNO/c1-2-13(9-8-11(12)14)10-6-4-3-5-7-10/h3-7H,2,8-9H2,1H3. The van der Waals surface area contributed by atoms with Gasteiger partial charge in [-0.05, 0) is 30.7 Å². The molecule has 1 aromatic carbocycles. The fourth-order valence-corrected chi connectivity index (χ4v) is 1.42. The van der Waals surface area contributed by atoms with Crippen molar-refractivity contribution in [3.05, 3.63) is 30.3 Å². The van der Waals surface area contributed by atoms with Crippen molar-refractivity contribution >= 4 is 22.5 Å². The van der Waals surface area contributed by atoms with Crippen LogP contribution in [-0.2, 0) is 4.79 Å². The third-order valence-electron chi connectivity index (χ3n) is 2.08. The van der Waals surface area contributed by atoms with Crippen molar-refractivity contribution in [2.75, 3.05) is 18.0 Å². The van der Waals surface area contributed by atoms with Gasteiger partial charge in [-0.1, -0.05) is 18.2 Å². The third-order valence-corrected chi connectivity index (χ3v) is 2.27. The highest BCUT2D eigenvalue weighted by Gasteiger charge is 2.04. The van der Waals surface area contributed by atoms with Crippen molar-refractivity contribution < 1.29 is 4.79 Å². The van der Waals surface area contributed by atoms with Gasteiger partial charge in [-0.15, -0.1) is 0 Å². The summed E-state index contributed by atoms with van der Waals surface area (Å²) in [6.45, 7) is 3.63. The van der Waals surface area contributed by atoms with E-state index in [-0.39, 0.29) is 5.24 Å². The van der Waals surface area contributed by atoms with E-state index >= 15 is 0 Å². The van der Waals surface area contributed by atoms with Crippen LogP contribution >= 0.6 is 11.6 Å². The van der Waals surface area contributed by atoms with Gasteiger partial charge in [0.2, 0.25) is 5.24 Å². The Balaban J connectivity index is 2.58. The summed E-state index contributed by atoms with van der Waals surface area (Å²) in [5.74, 6) is 0. The molecule has 0 saturated carbocycles. The number of carbonyl (C=O) groups is 1. The van der Waals surface area contributed by atoms with Gasteiger partial charge in [0.25, 0.3) is 0 Å². The molecule has 0 amide bonds. The van der Waals surface area contributed by atoms with Crippen LogP contribution in [0.5, 0.6) is 0 Å². The Kier molecular flexibility index (Phi) is 4.47. The maximum atomic E-state index is 10.6. The van der Waals surface area contributed by atoms with Gasteiger partial charge in [0.1, 0.15) is 0 Å². The van der Waals surface area contributed by atoms with Crippen LogP contribution < -0.4 is 4.90 Å². The second-order valence-electron chi connectivity index (χ2n) is 3.02. The molecule has 0 heterocycles. The molecule has 3 heteroatoms. The monoisotopic (exact) mass is 211 g/mol. The predicted molar refractivity (Wildman–Crippen MR) is 59.8 cm³/mol. The van der Waals surface area contributed by atoms with E-state index in [0.717, 1.165) is 12.2 Å². The lowest BCUT2D eigenvalue weighted by Gasteiger charge is -2.22. The van der Waals surface area contributed by atoms with Crippen LogP contribution in [-0.4, -0.2) is 18.3 Å². The van der Waals surface area contributed by atoms with E-state index in [2.05, 4.69) is 11.8 Å².